The van der Waals surface area contributed by atoms with E-state index in [0.29, 0.717) is 25.5 Å². The van der Waals surface area contributed by atoms with Crippen LogP contribution in [0.4, 0.5) is 14.5 Å². The number of carbonyl (C=O) groups is 2. The molecule has 23 heavy (non-hydrogen) atoms. The lowest BCUT2D eigenvalue weighted by Gasteiger charge is -2.31. The molecule has 0 bridgehead atoms. The van der Waals surface area contributed by atoms with E-state index in [4.69, 9.17) is 5.11 Å². The van der Waals surface area contributed by atoms with Gasteiger partial charge >= 0.3 is 11.8 Å². The number of rotatable bonds is 4. The second-order valence-electron chi connectivity index (χ2n) is 5.43. The van der Waals surface area contributed by atoms with Crippen LogP contribution in [0, 0.1) is 11.6 Å². The van der Waals surface area contributed by atoms with Gasteiger partial charge in [-0.2, -0.15) is 0 Å². The monoisotopic (exact) mass is 327 g/mol. The Morgan fingerprint density at radius 2 is 1.74 bits per heavy atom. The first-order chi connectivity index (χ1) is 11.0. The SMILES string of the molecule is O=C(Nc1cc(F)cc(F)c1)C(=O)NC1CCN(CCO)CC1. The molecule has 0 aliphatic carbocycles. The summed E-state index contributed by atoms with van der Waals surface area (Å²) in [6.07, 6.45) is 1.35. The van der Waals surface area contributed by atoms with Crippen LogP contribution >= 0.6 is 0 Å². The number of anilines is 1. The number of halogens is 2. The minimum atomic E-state index is -0.965. The lowest BCUT2D eigenvalue weighted by molar-refractivity contribution is -0.136. The molecule has 2 rings (SSSR count). The first kappa shape index (κ1) is 17.3. The molecule has 0 atom stereocenters. The fourth-order valence-electron chi connectivity index (χ4n) is 2.51. The van der Waals surface area contributed by atoms with Crippen molar-refractivity contribution >= 4 is 17.5 Å². The third-order valence-electron chi connectivity index (χ3n) is 3.67. The molecular formula is C15H19F2N3O3. The maximum absolute atomic E-state index is 13.0. The number of aliphatic hydroxyl groups excluding tert-OH is 1. The van der Waals surface area contributed by atoms with Gasteiger partial charge in [0.15, 0.2) is 0 Å². The molecule has 0 unspecified atom stereocenters. The van der Waals surface area contributed by atoms with Crippen molar-refractivity contribution in [2.75, 3.05) is 31.6 Å². The Hall–Kier alpha value is -2.06. The number of nitrogens with one attached hydrogen (secondary N) is 2. The largest absolute Gasteiger partial charge is 0.395 e. The van der Waals surface area contributed by atoms with Crippen LogP contribution in [0.5, 0.6) is 0 Å². The van der Waals surface area contributed by atoms with Crippen LogP contribution in [-0.2, 0) is 9.59 Å². The van der Waals surface area contributed by atoms with E-state index >= 15 is 0 Å². The number of benzene rings is 1. The molecular weight excluding hydrogens is 308 g/mol. The third-order valence-corrected chi connectivity index (χ3v) is 3.67. The minimum absolute atomic E-state index is 0.0869. The molecule has 2 amide bonds. The quantitative estimate of drug-likeness (QED) is 0.703. The molecule has 0 aromatic heterocycles. The van der Waals surface area contributed by atoms with Crippen LogP contribution in [0.2, 0.25) is 0 Å². The number of piperidine rings is 1. The molecule has 1 aromatic rings. The van der Waals surface area contributed by atoms with Gasteiger partial charge in [0.25, 0.3) is 0 Å². The molecule has 1 fully saturated rings. The van der Waals surface area contributed by atoms with Crippen molar-refractivity contribution in [3.05, 3.63) is 29.8 Å². The number of hydrogen-bond acceptors (Lipinski definition) is 4. The van der Waals surface area contributed by atoms with Crippen LogP contribution in [0.15, 0.2) is 18.2 Å². The van der Waals surface area contributed by atoms with Gasteiger partial charge in [-0.3, -0.25) is 9.59 Å². The smallest absolute Gasteiger partial charge is 0.313 e. The fourth-order valence-corrected chi connectivity index (χ4v) is 2.51. The molecule has 1 saturated heterocycles. The zero-order chi connectivity index (χ0) is 16.8. The number of hydrogen-bond donors (Lipinski definition) is 3. The van der Waals surface area contributed by atoms with Gasteiger partial charge in [-0.15, -0.1) is 0 Å². The highest BCUT2D eigenvalue weighted by molar-refractivity contribution is 6.39. The van der Waals surface area contributed by atoms with Crippen molar-refractivity contribution in [1.82, 2.24) is 10.2 Å². The molecule has 0 saturated carbocycles. The molecule has 0 spiro atoms. The summed E-state index contributed by atoms with van der Waals surface area (Å²) in [5.74, 6) is -3.48. The topological polar surface area (TPSA) is 81.7 Å². The second kappa shape index (κ2) is 7.98. The average molecular weight is 327 g/mol. The zero-order valence-electron chi connectivity index (χ0n) is 12.5. The molecule has 0 radical (unpaired) electrons. The summed E-state index contributed by atoms with van der Waals surface area (Å²) in [7, 11) is 0. The maximum Gasteiger partial charge on any atom is 0.313 e. The third kappa shape index (κ3) is 5.26. The lowest BCUT2D eigenvalue weighted by atomic mass is 10.1. The van der Waals surface area contributed by atoms with Gasteiger partial charge in [0, 0.05) is 37.4 Å². The first-order valence-corrected chi connectivity index (χ1v) is 7.39. The van der Waals surface area contributed by atoms with Crippen molar-refractivity contribution in [3.8, 4) is 0 Å². The molecule has 1 aliphatic heterocycles. The minimum Gasteiger partial charge on any atom is -0.395 e. The van der Waals surface area contributed by atoms with E-state index in [1.807, 2.05) is 0 Å². The summed E-state index contributed by atoms with van der Waals surface area (Å²) >= 11 is 0. The van der Waals surface area contributed by atoms with Crippen molar-refractivity contribution in [2.45, 2.75) is 18.9 Å². The summed E-state index contributed by atoms with van der Waals surface area (Å²) in [6.45, 7) is 2.13. The molecule has 6 nitrogen and oxygen atoms in total. The van der Waals surface area contributed by atoms with Crippen LogP contribution in [0.1, 0.15) is 12.8 Å². The van der Waals surface area contributed by atoms with Crippen LogP contribution in [0.25, 0.3) is 0 Å². The Morgan fingerprint density at radius 1 is 1.13 bits per heavy atom. The average Bonchev–Trinajstić information content (AvgIpc) is 2.48. The van der Waals surface area contributed by atoms with Crippen molar-refractivity contribution in [3.63, 3.8) is 0 Å². The van der Waals surface area contributed by atoms with Gasteiger partial charge in [-0.05, 0) is 25.0 Å². The van der Waals surface area contributed by atoms with Gasteiger partial charge in [-0.25, -0.2) is 8.78 Å². The Bertz CT molecular complexity index is 555. The molecule has 3 N–H and O–H groups in total. The predicted octanol–water partition coefficient (Wildman–Crippen LogP) is 0.476. The highest BCUT2D eigenvalue weighted by atomic mass is 19.1. The van der Waals surface area contributed by atoms with E-state index in [1.165, 1.54) is 0 Å². The van der Waals surface area contributed by atoms with Crippen LogP contribution < -0.4 is 10.6 Å². The first-order valence-electron chi connectivity index (χ1n) is 7.39. The number of nitrogens with zero attached hydrogens (tertiary/aromatic N) is 1. The van der Waals surface area contributed by atoms with E-state index in [9.17, 15) is 18.4 Å². The van der Waals surface area contributed by atoms with Crippen LogP contribution in [0.3, 0.4) is 0 Å². The van der Waals surface area contributed by atoms with Gasteiger partial charge < -0.3 is 20.6 Å². The second-order valence-corrected chi connectivity index (χ2v) is 5.43. The molecule has 1 aromatic carbocycles. The van der Waals surface area contributed by atoms with E-state index in [1.54, 1.807) is 0 Å². The molecule has 126 valence electrons. The van der Waals surface area contributed by atoms with Gasteiger partial charge in [0.05, 0.1) is 6.61 Å². The van der Waals surface area contributed by atoms with Crippen LogP contribution in [-0.4, -0.2) is 54.1 Å². The number of amides is 2. The van der Waals surface area contributed by atoms with E-state index < -0.39 is 23.4 Å². The van der Waals surface area contributed by atoms with Crippen molar-refractivity contribution in [2.24, 2.45) is 0 Å². The summed E-state index contributed by atoms with van der Waals surface area (Å²) < 4.78 is 26.1. The normalized spacial score (nSPS) is 16.1. The molecule has 1 heterocycles. The summed E-state index contributed by atoms with van der Waals surface area (Å²) in [5, 5.41) is 13.6. The van der Waals surface area contributed by atoms with E-state index in [2.05, 4.69) is 15.5 Å². The van der Waals surface area contributed by atoms with Gasteiger partial charge in [0.1, 0.15) is 11.6 Å². The van der Waals surface area contributed by atoms with Crippen molar-refractivity contribution in [1.29, 1.82) is 0 Å². The summed E-state index contributed by atoms with van der Waals surface area (Å²) in [4.78, 5) is 25.7. The summed E-state index contributed by atoms with van der Waals surface area (Å²) in [5.41, 5.74) is -0.111. The highest BCUT2D eigenvalue weighted by Gasteiger charge is 2.23. The standard InChI is InChI=1S/C15H19F2N3O3/c16-10-7-11(17)9-13(8-10)19-15(23)14(22)18-12-1-3-20(4-2-12)5-6-21/h7-9,12,21H,1-6H2,(H,18,22)(H,19,23). The van der Waals surface area contributed by atoms with Crippen molar-refractivity contribution < 1.29 is 23.5 Å². The lowest BCUT2D eigenvalue weighted by Crippen LogP contribution is -2.48. The van der Waals surface area contributed by atoms with Gasteiger partial charge in [0.2, 0.25) is 0 Å². The van der Waals surface area contributed by atoms with E-state index in [0.717, 1.165) is 25.2 Å². The highest BCUT2D eigenvalue weighted by Crippen LogP contribution is 2.13. The predicted molar refractivity (Wildman–Crippen MR) is 79.7 cm³/mol. The number of carbonyl (C=O) groups excluding carboxylic acids is 2. The van der Waals surface area contributed by atoms with E-state index in [-0.39, 0.29) is 18.3 Å². The molecule has 1 aliphatic rings. The number of β-amino-alcohol motifs (C(OH)–C–C–N with tert-alkyl or cyclic N) is 1. The Morgan fingerprint density at radius 3 is 2.30 bits per heavy atom. The number of aliphatic hydroxyl groups is 1. The Balaban J connectivity index is 1.82. The van der Waals surface area contributed by atoms with Gasteiger partial charge in [-0.1, -0.05) is 0 Å². The number of likely N-dealkylation sites (tertiary alicyclic amines) is 1. The summed E-state index contributed by atoms with van der Waals surface area (Å²) in [6, 6.07) is 2.41. The molecule has 8 heteroatoms. The maximum atomic E-state index is 13.0. The Labute approximate surface area is 132 Å². The fraction of sp³-hybridized carbons (Fsp3) is 0.467. The Kier molecular flexibility index (Phi) is 6.00. The zero-order valence-corrected chi connectivity index (χ0v) is 12.5.